The van der Waals surface area contributed by atoms with E-state index in [0.717, 1.165) is 24.2 Å². The summed E-state index contributed by atoms with van der Waals surface area (Å²) in [5, 5.41) is 12.0. The molecule has 17 heavy (non-hydrogen) atoms. The summed E-state index contributed by atoms with van der Waals surface area (Å²) in [6, 6.07) is -0.591. The molecule has 0 bridgehead atoms. The Hall–Kier alpha value is -1.65. The van der Waals surface area contributed by atoms with Crippen LogP contribution < -0.4 is 5.32 Å². The lowest BCUT2D eigenvalue weighted by atomic mass is 10.1. The number of hydrogen-bond donors (Lipinski definition) is 2. The maximum Gasteiger partial charge on any atom is 0.326 e. The fourth-order valence-corrected chi connectivity index (χ4v) is 1.46. The number of unbranched alkanes of at least 4 members (excludes halogenated alkanes) is 1. The van der Waals surface area contributed by atoms with Crippen LogP contribution in [-0.2, 0) is 4.79 Å². The summed E-state index contributed by atoms with van der Waals surface area (Å²) < 4.78 is 0. The van der Waals surface area contributed by atoms with Gasteiger partial charge in [0.25, 0.3) is 0 Å². The number of aryl methyl sites for hydroxylation is 2. The van der Waals surface area contributed by atoms with E-state index in [2.05, 4.69) is 15.3 Å². The zero-order chi connectivity index (χ0) is 12.8. The van der Waals surface area contributed by atoms with E-state index in [1.54, 1.807) is 6.20 Å². The first-order valence-electron chi connectivity index (χ1n) is 5.84. The number of rotatable bonds is 6. The Morgan fingerprint density at radius 2 is 2.18 bits per heavy atom. The minimum absolute atomic E-state index is 0.525. The highest BCUT2D eigenvalue weighted by atomic mass is 16.4. The van der Waals surface area contributed by atoms with Gasteiger partial charge in [0, 0.05) is 0 Å². The van der Waals surface area contributed by atoms with Gasteiger partial charge >= 0.3 is 5.97 Å². The fourth-order valence-electron chi connectivity index (χ4n) is 1.46. The molecular weight excluding hydrogens is 218 g/mol. The fraction of sp³-hybridized carbons (Fsp3) is 0.583. The summed E-state index contributed by atoms with van der Waals surface area (Å²) in [5.74, 6) is -0.324. The zero-order valence-electron chi connectivity index (χ0n) is 10.5. The van der Waals surface area contributed by atoms with Crippen LogP contribution >= 0.6 is 0 Å². The van der Waals surface area contributed by atoms with Crippen molar-refractivity contribution in [2.75, 3.05) is 5.32 Å². The lowest BCUT2D eigenvalue weighted by molar-refractivity contribution is -0.138. The highest BCUT2D eigenvalue weighted by Crippen LogP contribution is 2.10. The molecule has 0 saturated carbocycles. The zero-order valence-corrected chi connectivity index (χ0v) is 10.5. The molecule has 0 fully saturated rings. The van der Waals surface area contributed by atoms with E-state index < -0.39 is 12.0 Å². The second-order valence-electron chi connectivity index (χ2n) is 4.10. The van der Waals surface area contributed by atoms with Crippen molar-refractivity contribution in [2.45, 2.75) is 46.1 Å². The third-order valence-corrected chi connectivity index (χ3v) is 2.66. The predicted octanol–water partition coefficient (Wildman–Crippen LogP) is 2.15. The monoisotopic (exact) mass is 237 g/mol. The molecule has 0 amide bonds. The minimum Gasteiger partial charge on any atom is -0.480 e. The topological polar surface area (TPSA) is 75.1 Å². The van der Waals surface area contributed by atoms with Crippen LogP contribution in [0, 0.1) is 13.8 Å². The molecule has 0 saturated heterocycles. The molecule has 5 nitrogen and oxygen atoms in total. The molecule has 1 aromatic heterocycles. The van der Waals surface area contributed by atoms with E-state index >= 15 is 0 Å². The summed E-state index contributed by atoms with van der Waals surface area (Å²) in [6.07, 6.45) is 4.02. The first-order chi connectivity index (χ1) is 8.04. The van der Waals surface area contributed by atoms with Crippen molar-refractivity contribution in [3.05, 3.63) is 17.6 Å². The molecular formula is C12H19N3O2. The molecule has 1 heterocycles. The van der Waals surface area contributed by atoms with E-state index in [0.29, 0.717) is 12.2 Å². The van der Waals surface area contributed by atoms with Gasteiger partial charge in [0.2, 0.25) is 0 Å². The lowest BCUT2D eigenvalue weighted by Crippen LogP contribution is -2.29. The Balaban J connectivity index is 2.71. The molecule has 0 radical (unpaired) electrons. The smallest absolute Gasteiger partial charge is 0.326 e. The Kier molecular flexibility index (Phi) is 4.87. The Labute approximate surface area is 101 Å². The van der Waals surface area contributed by atoms with Gasteiger partial charge in [-0.2, -0.15) is 0 Å². The number of carboxylic acids is 1. The molecule has 0 aromatic carbocycles. The summed E-state index contributed by atoms with van der Waals surface area (Å²) in [4.78, 5) is 19.5. The average Bonchev–Trinajstić information content (AvgIpc) is 2.28. The van der Waals surface area contributed by atoms with Gasteiger partial charge in [0.15, 0.2) is 0 Å². The van der Waals surface area contributed by atoms with Gasteiger partial charge in [0.1, 0.15) is 11.9 Å². The molecule has 1 aromatic rings. The summed E-state index contributed by atoms with van der Waals surface area (Å²) in [7, 11) is 0. The van der Waals surface area contributed by atoms with Gasteiger partial charge in [-0.3, -0.25) is 4.98 Å². The lowest BCUT2D eigenvalue weighted by Gasteiger charge is -2.14. The van der Waals surface area contributed by atoms with E-state index in [1.807, 2.05) is 20.8 Å². The van der Waals surface area contributed by atoms with Crippen LogP contribution in [0.3, 0.4) is 0 Å². The number of anilines is 1. The van der Waals surface area contributed by atoms with Crippen LogP contribution in [0.5, 0.6) is 0 Å². The maximum atomic E-state index is 11.1. The van der Waals surface area contributed by atoms with E-state index in [1.165, 1.54) is 0 Å². The number of aliphatic carboxylic acids is 1. The number of nitrogens with zero attached hydrogens (tertiary/aromatic N) is 2. The molecule has 1 atom stereocenters. The van der Waals surface area contributed by atoms with E-state index in [4.69, 9.17) is 5.11 Å². The molecule has 5 heteroatoms. The molecule has 1 rings (SSSR count). The molecule has 0 aliphatic heterocycles. The van der Waals surface area contributed by atoms with Gasteiger partial charge < -0.3 is 10.4 Å². The minimum atomic E-state index is -0.849. The van der Waals surface area contributed by atoms with Crippen molar-refractivity contribution < 1.29 is 9.90 Å². The van der Waals surface area contributed by atoms with Crippen LogP contribution in [-0.4, -0.2) is 27.1 Å². The number of hydrogen-bond acceptors (Lipinski definition) is 4. The van der Waals surface area contributed by atoms with Crippen molar-refractivity contribution in [3.63, 3.8) is 0 Å². The summed E-state index contributed by atoms with van der Waals surface area (Å²) in [6.45, 7) is 5.77. The Bertz CT molecular complexity index is 393. The van der Waals surface area contributed by atoms with Gasteiger partial charge in [-0.05, 0) is 20.3 Å². The van der Waals surface area contributed by atoms with Crippen molar-refractivity contribution in [1.82, 2.24) is 9.97 Å². The average molecular weight is 237 g/mol. The quantitative estimate of drug-likeness (QED) is 0.793. The third-order valence-electron chi connectivity index (χ3n) is 2.66. The van der Waals surface area contributed by atoms with E-state index in [9.17, 15) is 4.79 Å². The molecule has 2 N–H and O–H groups in total. The molecule has 0 aliphatic carbocycles. The molecule has 94 valence electrons. The number of aromatic nitrogens is 2. The van der Waals surface area contributed by atoms with Crippen molar-refractivity contribution in [1.29, 1.82) is 0 Å². The van der Waals surface area contributed by atoms with Crippen LogP contribution in [0.15, 0.2) is 6.20 Å². The van der Waals surface area contributed by atoms with Crippen LogP contribution in [0.1, 0.15) is 37.6 Å². The highest BCUT2D eigenvalue weighted by molar-refractivity contribution is 5.76. The first-order valence-corrected chi connectivity index (χ1v) is 5.84. The third kappa shape index (κ3) is 4.01. The molecule has 1 unspecified atom stereocenters. The second kappa shape index (κ2) is 6.18. The SMILES string of the molecule is CCCCC(Nc1cnc(C)c(C)n1)C(=O)O. The first kappa shape index (κ1) is 13.4. The van der Waals surface area contributed by atoms with Crippen LogP contribution in [0.25, 0.3) is 0 Å². The highest BCUT2D eigenvalue weighted by Gasteiger charge is 2.17. The summed E-state index contributed by atoms with van der Waals surface area (Å²) in [5.41, 5.74) is 1.67. The Morgan fingerprint density at radius 3 is 2.71 bits per heavy atom. The molecule has 0 spiro atoms. The van der Waals surface area contributed by atoms with Gasteiger partial charge in [-0.15, -0.1) is 0 Å². The second-order valence-corrected chi connectivity index (χ2v) is 4.10. The Morgan fingerprint density at radius 1 is 1.47 bits per heavy atom. The molecule has 0 aliphatic rings. The van der Waals surface area contributed by atoms with Crippen molar-refractivity contribution in [2.24, 2.45) is 0 Å². The normalized spacial score (nSPS) is 12.2. The van der Waals surface area contributed by atoms with Crippen LogP contribution in [0.2, 0.25) is 0 Å². The standard InChI is InChI=1S/C12H19N3O2/c1-4-5-6-10(12(16)17)15-11-7-13-8(2)9(3)14-11/h7,10H,4-6H2,1-3H3,(H,14,15)(H,16,17). The summed E-state index contributed by atoms with van der Waals surface area (Å²) >= 11 is 0. The van der Waals surface area contributed by atoms with Crippen LogP contribution in [0.4, 0.5) is 5.82 Å². The van der Waals surface area contributed by atoms with Gasteiger partial charge in [-0.25, -0.2) is 9.78 Å². The number of carbonyl (C=O) groups is 1. The predicted molar refractivity (Wildman–Crippen MR) is 66.1 cm³/mol. The largest absolute Gasteiger partial charge is 0.480 e. The maximum absolute atomic E-state index is 11.1. The van der Waals surface area contributed by atoms with Crippen molar-refractivity contribution >= 4 is 11.8 Å². The van der Waals surface area contributed by atoms with E-state index in [-0.39, 0.29) is 0 Å². The van der Waals surface area contributed by atoms with Gasteiger partial charge in [0.05, 0.1) is 17.6 Å². The van der Waals surface area contributed by atoms with Gasteiger partial charge in [-0.1, -0.05) is 19.8 Å². The number of nitrogens with one attached hydrogen (secondary N) is 1. The number of carboxylic acid groups (broad SMARTS) is 1. The van der Waals surface area contributed by atoms with Crippen molar-refractivity contribution in [3.8, 4) is 0 Å².